The van der Waals surface area contributed by atoms with Gasteiger partial charge in [-0.15, -0.1) is 0 Å². The Morgan fingerprint density at radius 1 is 1.04 bits per heavy atom. The second-order valence-electron chi connectivity index (χ2n) is 5.93. The molecule has 5 nitrogen and oxygen atoms in total. The Morgan fingerprint density at radius 3 is 2.33 bits per heavy atom. The highest BCUT2D eigenvalue weighted by molar-refractivity contribution is 5.58. The quantitative estimate of drug-likeness (QED) is 0.555. The van der Waals surface area contributed by atoms with Crippen molar-refractivity contribution in [2.75, 3.05) is 25.2 Å². The summed E-state index contributed by atoms with van der Waals surface area (Å²) in [5.41, 5.74) is -0.252. The Bertz CT molecular complexity index is 721. The van der Waals surface area contributed by atoms with E-state index in [4.69, 9.17) is 9.47 Å². The molecule has 0 spiro atoms. The minimum atomic E-state index is -4.57. The lowest BCUT2D eigenvalue weighted by molar-refractivity contribution is -0.139. The van der Waals surface area contributed by atoms with Crippen molar-refractivity contribution in [3.8, 4) is 11.6 Å². The van der Waals surface area contributed by atoms with Crippen LogP contribution in [0.2, 0.25) is 0 Å². The number of alkyl halides is 3. The zero-order chi connectivity index (χ0) is 19.9. The van der Waals surface area contributed by atoms with E-state index >= 15 is 0 Å². The van der Waals surface area contributed by atoms with E-state index in [0.29, 0.717) is 18.8 Å². The molecular weight excluding hydrogens is 359 g/mol. The van der Waals surface area contributed by atoms with Crippen LogP contribution in [0.25, 0.3) is 0 Å². The van der Waals surface area contributed by atoms with Crippen LogP contribution in [0.3, 0.4) is 0 Å². The lowest BCUT2D eigenvalue weighted by Crippen LogP contribution is -2.17. The molecule has 1 aromatic heterocycles. The van der Waals surface area contributed by atoms with Gasteiger partial charge in [-0.3, -0.25) is 0 Å². The zero-order valence-corrected chi connectivity index (χ0v) is 15.7. The maximum absolute atomic E-state index is 13.2. The standard InChI is InChI=1S/C19H24F3N3O2/c1-4-6-7-12-27-17-16(19(20,21)22)13-23-18(24-17)25(3)14-8-10-15(11-9-14)26-5-2/h8-11,13H,4-7,12H2,1-3H3. The fraction of sp³-hybridized carbons (Fsp3) is 0.474. The van der Waals surface area contributed by atoms with Gasteiger partial charge in [0, 0.05) is 18.9 Å². The summed E-state index contributed by atoms with van der Waals surface area (Å²) in [6, 6.07) is 7.13. The summed E-state index contributed by atoms with van der Waals surface area (Å²) >= 11 is 0. The van der Waals surface area contributed by atoms with E-state index in [-0.39, 0.29) is 12.6 Å². The van der Waals surface area contributed by atoms with Gasteiger partial charge < -0.3 is 14.4 Å². The topological polar surface area (TPSA) is 47.5 Å². The SMILES string of the molecule is CCCCCOc1nc(N(C)c2ccc(OCC)cc2)ncc1C(F)(F)F. The largest absolute Gasteiger partial charge is 0.494 e. The van der Waals surface area contributed by atoms with E-state index in [1.807, 2.05) is 13.8 Å². The van der Waals surface area contributed by atoms with Gasteiger partial charge in [0.1, 0.15) is 11.3 Å². The van der Waals surface area contributed by atoms with E-state index in [9.17, 15) is 13.2 Å². The Hall–Kier alpha value is -2.51. The van der Waals surface area contributed by atoms with Gasteiger partial charge in [-0.2, -0.15) is 18.2 Å². The number of benzene rings is 1. The van der Waals surface area contributed by atoms with Crippen molar-refractivity contribution in [2.45, 2.75) is 39.3 Å². The third-order valence-corrected chi connectivity index (χ3v) is 3.87. The fourth-order valence-corrected chi connectivity index (χ4v) is 2.39. The number of ether oxygens (including phenoxy) is 2. The van der Waals surface area contributed by atoms with Crippen LogP contribution in [0.4, 0.5) is 24.8 Å². The molecule has 0 aliphatic heterocycles. The second kappa shape index (κ2) is 9.43. The van der Waals surface area contributed by atoms with Gasteiger partial charge in [0.05, 0.1) is 13.2 Å². The first-order chi connectivity index (χ1) is 12.9. The number of hydrogen-bond donors (Lipinski definition) is 0. The van der Waals surface area contributed by atoms with Crippen molar-refractivity contribution >= 4 is 11.6 Å². The van der Waals surface area contributed by atoms with Crippen molar-refractivity contribution in [3.05, 3.63) is 36.0 Å². The summed E-state index contributed by atoms with van der Waals surface area (Å²) in [4.78, 5) is 9.47. The van der Waals surface area contributed by atoms with Gasteiger partial charge in [0.2, 0.25) is 11.8 Å². The molecule has 0 atom stereocenters. The molecule has 27 heavy (non-hydrogen) atoms. The number of anilines is 2. The maximum Gasteiger partial charge on any atom is 0.423 e. The molecule has 0 aliphatic carbocycles. The van der Waals surface area contributed by atoms with Crippen molar-refractivity contribution in [1.29, 1.82) is 0 Å². The van der Waals surface area contributed by atoms with Gasteiger partial charge in [-0.25, -0.2) is 4.98 Å². The number of rotatable bonds is 9. The maximum atomic E-state index is 13.2. The van der Waals surface area contributed by atoms with Crippen molar-refractivity contribution in [3.63, 3.8) is 0 Å². The molecule has 0 N–H and O–H groups in total. The average Bonchev–Trinajstić information content (AvgIpc) is 2.64. The highest BCUT2D eigenvalue weighted by Crippen LogP contribution is 2.36. The molecule has 8 heteroatoms. The van der Waals surface area contributed by atoms with Crippen LogP contribution in [0.5, 0.6) is 11.6 Å². The van der Waals surface area contributed by atoms with E-state index in [1.54, 1.807) is 36.2 Å². The van der Waals surface area contributed by atoms with E-state index in [0.717, 1.165) is 24.7 Å². The third kappa shape index (κ3) is 5.74. The lowest BCUT2D eigenvalue weighted by Gasteiger charge is -2.20. The van der Waals surface area contributed by atoms with Crippen LogP contribution in [0.15, 0.2) is 30.5 Å². The van der Waals surface area contributed by atoms with Crippen molar-refractivity contribution in [2.24, 2.45) is 0 Å². The summed E-state index contributed by atoms with van der Waals surface area (Å²) in [5.74, 6) is 0.391. The molecule has 0 radical (unpaired) electrons. The Kier molecular flexibility index (Phi) is 7.27. The molecule has 0 unspecified atom stereocenters. The van der Waals surface area contributed by atoms with E-state index < -0.39 is 17.6 Å². The molecule has 0 saturated heterocycles. The molecule has 1 aromatic carbocycles. The normalized spacial score (nSPS) is 11.3. The molecule has 2 aromatic rings. The Morgan fingerprint density at radius 2 is 1.74 bits per heavy atom. The number of unbranched alkanes of at least 4 members (excludes halogenated alkanes) is 2. The van der Waals surface area contributed by atoms with Crippen LogP contribution in [-0.2, 0) is 6.18 Å². The van der Waals surface area contributed by atoms with Gasteiger partial charge in [0.25, 0.3) is 0 Å². The number of halogens is 3. The van der Waals surface area contributed by atoms with Gasteiger partial charge in [-0.1, -0.05) is 19.8 Å². The predicted molar refractivity (Wildman–Crippen MR) is 97.7 cm³/mol. The molecule has 0 bridgehead atoms. The van der Waals surface area contributed by atoms with Gasteiger partial charge >= 0.3 is 6.18 Å². The number of nitrogens with zero attached hydrogens (tertiary/aromatic N) is 3. The van der Waals surface area contributed by atoms with Crippen LogP contribution in [0, 0.1) is 0 Å². The van der Waals surface area contributed by atoms with Gasteiger partial charge in [0.15, 0.2) is 0 Å². The zero-order valence-electron chi connectivity index (χ0n) is 15.7. The summed E-state index contributed by atoms with van der Waals surface area (Å²) in [6.07, 6.45) is -1.31. The van der Waals surface area contributed by atoms with Crippen molar-refractivity contribution < 1.29 is 22.6 Å². The number of aromatic nitrogens is 2. The van der Waals surface area contributed by atoms with Crippen LogP contribution in [0.1, 0.15) is 38.7 Å². The first-order valence-electron chi connectivity index (χ1n) is 8.90. The molecular formula is C19H24F3N3O2. The molecule has 0 amide bonds. The first kappa shape index (κ1) is 20.8. The first-order valence-corrected chi connectivity index (χ1v) is 8.90. The van der Waals surface area contributed by atoms with E-state index in [1.165, 1.54) is 0 Å². The van der Waals surface area contributed by atoms with Crippen LogP contribution < -0.4 is 14.4 Å². The number of hydrogen-bond acceptors (Lipinski definition) is 5. The Balaban J connectivity index is 2.24. The molecule has 0 fully saturated rings. The molecule has 0 saturated carbocycles. The third-order valence-electron chi connectivity index (χ3n) is 3.87. The summed E-state index contributed by atoms with van der Waals surface area (Å²) in [6.45, 7) is 4.63. The smallest absolute Gasteiger partial charge is 0.423 e. The minimum Gasteiger partial charge on any atom is -0.494 e. The summed E-state index contributed by atoms with van der Waals surface area (Å²) < 4.78 is 50.3. The highest BCUT2D eigenvalue weighted by Gasteiger charge is 2.36. The monoisotopic (exact) mass is 383 g/mol. The molecule has 0 aliphatic rings. The van der Waals surface area contributed by atoms with Crippen molar-refractivity contribution in [1.82, 2.24) is 9.97 Å². The van der Waals surface area contributed by atoms with Crippen LogP contribution >= 0.6 is 0 Å². The minimum absolute atomic E-state index is 0.123. The van der Waals surface area contributed by atoms with Crippen LogP contribution in [-0.4, -0.2) is 30.2 Å². The lowest BCUT2D eigenvalue weighted by atomic mass is 10.2. The van der Waals surface area contributed by atoms with Gasteiger partial charge in [-0.05, 0) is 37.6 Å². The molecule has 148 valence electrons. The fourth-order valence-electron chi connectivity index (χ4n) is 2.39. The summed E-state index contributed by atoms with van der Waals surface area (Å²) in [5, 5.41) is 0. The Labute approximate surface area is 157 Å². The predicted octanol–water partition coefficient (Wildman–Crippen LogP) is 5.23. The second-order valence-corrected chi connectivity index (χ2v) is 5.93. The molecule has 2 rings (SSSR count). The van der Waals surface area contributed by atoms with E-state index in [2.05, 4.69) is 9.97 Å². The molecule has 1 heterocycles. The summed E-state index contributed by atoms with van der Waals surface area (Å²) in [7, 11) is 1.68. The highest BCUT2D eigenvalue weighted by atomic mass is 19.4. The average molecular weight is 383 g/mol.